The molecule has 4 aromatic rings. The van der Waals surface area contributed by atoms with E-state index in [-0.39, 0.29) is 6.85 Å². The van der Waals surface area contributed by atoms with E-state index in [1.54, 1.807) is 0 Å². The van der Waals surface area contributed by atoms with E-state index in [0.717, 1.165) is 22.7 Å². The number of aromatic nitrogens is 2. The van der Waals surface area contributed by atoms with Crippen LogP contribution >= 0.6 is 0 Å². The summed E-state index contributed by atoms with van der Waals surface area (Å²) in [5.41, 5.74) is 6.61. The Morgan fingerprint density at radius 2 is 1.86 bits per heavy atom. The van der Waals surface area contributed by atoms with Gasteiger partial charge >= 0.3 is 6.85 Å². The van der Waals surface area contributed by atoms with Gasteiger partial charge in [-0.3, -0.25) is 4.81 Å². The largest absolute Gasteiger partial charge is 0.439 e. The predicted molar refractivity (Wildman–Crippen MR) is 119 cm³/mol. The second-order valence-corrected chi connectivity index (χ2v) is 7.79. The lowest BCUT2D eigenvalue weighted by Crippen LogP contribution is -2.50. The van der Waals surface area contributed by atoms with Crippen molar-refractivity contribution in [2.45, 2.75) is 20.7 Å². The second kappa shape index (κ2) is 6.62. The van der Waals surface area contributed by atoms with Crippen molar-refractivity contribution in [3.05, 3.63) is 77.9 Å². The van der Waals surface area contributed by atoms with Crippen LogP contribution in [0.2, 0.25) is 6.82 Å². The van der Waals surface area contributed by atoms with E-state index >= 15 is 0 Å². The minimum absolute atomic E-state index is 0.137. The third-order valence-electron chi connectivity index (χ3n) is 5.78. The van der Waals surface area contributed by atoms with E-state index in [9.17, 15) is 0 Å². The molecule has 0 saturated heterocycles. The molecule has 0 saturated carbocycles. The van der Waals surface area contributed by atoms with E-state index in [4.69, 9.17) is 4.42 Å². The summed E-state index contributed by atoms with van der Waals surface area (Å²) in [7, 11) is 2.10. The molecule has 142 valence electrons. The Labute approximate surface area is 171 Å². The number of pyridine rings is 2. The zero-order chi connectivity index (χ0) is 20.1. The summed E-state index contributed by atoms with van der Waals surface area (Å²) in [6, 6.07) is 17.0. The summed E-state index contributed by atoms with van der Waals surface area (Å²) >= 11 is 0. The lowest BCUT2D eigenvalue weighted by Gasteiger charge is -2.23. The zero-order valence-electron chi connectivity index (χ0n) is 17.2. The van der Waals surface area contributed by atoms with Crippen LogP contribution in [0.4, 0.5) is 5.82 Å². The zero-order valence-corrected chi connectivity index (χ0v) is 17.2. The molecule has 4 heterocycles. The van der Waals surface area contributed by atoms with E-state index in [1.807, 2.05) is 19.1 Å². The van der Waals surface area contributed by atoms with Crippen molar-refractivity contribution in [2.75, 3.05) is 4.81 Å². The maximum Gasteiger partial charge on any atom is 0.413 e. The highest BCUT2D eigenvalue weighted by Crippen LogP contribution is 2.29. The van der Waals surface area contributed by atoms with Gasteiger partial charge in [-0.2, -0.15) is 0 Å². The van der Waals surface area contributed by atoms with Crippen LogP contribution in [0.25, 0.3) is 28.3 Å². The molecule has 0 spiro atoms. The number of rotatable bonds is 2. The molecule has 0 radical (unpaired) electrons. The average Bonchev–Trinajstić information content (AvgIpc) is 3.08. The van der Waals surface area contributed by atoms with Gasteiger partial charge in [-0.25, -0.2) is 9.55 Å². The number of aryl methyl sites for hydroxylation is 3. The van der Waals surface area contributed by atoms with Gasteiger partial charge in [0.25, 0.3) is 5.82 Å². The molecule has 0 fully saturated rings. The summed E-state index contributed by atoms with van der Waals surface area (Å²) in [5.74, 6) is 2.04. The third-order valence-corrected chi connectivity index (χ3v) is 5.78. The molecule has 1 aliphatic heterocycles. The predicted octanol–water partition coefficient (Wildman–Crippen LogP) is 4.26. The molecule has 0 amide bonds. The van der Waals surface area contributed by atoms with Crippen LogP contribution in [0.1, 0.15) is 17.0 Å². The van der Waals surface area contributed by atoms with Crippen molar-refractivity contribution in [2.24, 2.45) is 7.05 Å². The number of benzene rings is 1. The first-order valence-corrected chi connectivity index (χ1v) is 9.95. The first-order chi connectivity index (χ1) is 14.0. The Hall–Kier alpha value is -3.34. The standard InChI is InChI=1S/C24H23BN3O/c1-16-15-27(4)22(14-20(16)18-8-6-5-7-9-18)28-13-12-21-23(25(28)3)19-11-10-17(2)26-24(19)29-21/h5-15H,1-4H3/q+1. The summed E-state index contributed by atoms with van der Waals surface area (Å²) in [6.45, 7) is 6.51. The maximum atomic E-state index is 6.04. The molecule has 0 unspecified atom stereocenters. The smallest absolute Gasteiger partial charge is 0.413 e. The Balaban J connectivity index is 1.63. The number of anilines is 1. The van der Waals surface area contributed by atoms with Crippen LogP contribution in [0.15, 0.2) is 65.3 Å². The number of fused-ring (bicyclic) bond motifs is 3. The van der Waals surface area contributed by atoms with Crippen molar-refractivity contribution in [1.29, 1.82) is 0 Å². The molecule has 5 heteroatoms. The normalized spacial score (nSPS) is 13.2. The number of nitrogens with zero attached hydrogens (tertiary/aromatic N) is 3. The molecule has 4 nitrogen and oxygen atoms in total. The Morgan fingerprint density at radius 3 is 2.66 bits per heavy atom. The number of hydrogen-bond acceptors (Lipinski definition) is 3. The maximum absolute atomic E-state index is 6.04. The van der Waals surface area contributed by atoms with Gasteiger partial charge in [0, 0.05) is 28.7 Å². The average molecular weight is 380 g/mol. The highest BCUT2D eigenvalue weighted by Gasteiger charge is 2.37. The Morgan fingerprint density at radius 1 is 1.07 bits per heavy atom. The van der Waals surface area contributed by atoms with Crippen LogP contribution in [0.5, 0.6) is 0 Å². The molecule has 0 N–H and O–H groups in total. The van der Waals surface area contributed by atoms with Gasteiger partial charge in [-0.15, -0.1) is 0 Å². The second-order valence-electron chi connectivity index (χ2n) is 7.79. The van der Waals surface area contributed by atoms with E-state index in [1.165, 1.54) is 22.2 Å². The van der Waals surface area contributed by atoms with E-state index < -0.39 is 0 Å². The van der Waals surface area contributed by atoms with Crippen molar-refractivity contribution >= 4 is 35.3 Å². The molecule has 0 aliphatic carbocycles. The molecule has 29 heavy (non-hydrogen) atoms. The van der Waals surface area contributed by atoms with Crippen molar-refractivity contribution in [3.8, 4) is 11.1 Å². The van der Waals surface area contributed by atoms with Crippen molar-refractivity contribution in [3.63, 3.8) is 0 Å². The summed E-state index contributed by atoms with van der Waals surface area (Å²) in [4.78, 5) is 6.88. The topological polar surface area (TPSA) is 33.2 Å². The van der Waals surface area contributed by atoms with Crippen molar-refractivity contribution in [1.82, 2.24) is 4.98 Å². The van der Waals surface area contributed by atoms with Gasteiger partial charge in [0.2, 0.25) is 5.71 Å². The number of furan rings is 1. The van der Waals surface area contributed by atoms with Crippen LogP contribution in [0.3, 0.4) is 0 Å². The van der Waals surface area contributed by atoms with Crippen LogP contribution < -0.4 is 14.8 Å². The van der Waals surface area contributed by atoms with Gasteiger partial charge in [-0.05, 0) is 49.5 Å². The quantitative estimate of drug-likeness (QED) is 0.385. The minimum atomic E-state index is 0.137. The van der Waals surface area contributed by atoms with Crippen LogP contribution in [-0.2, 0) is 7.05 Å². The monoisotopic (exact) mass is 380 g/mol. The molecular weight excluding hydrogens is 357 g/mol. The number of hydrogen-bond donors (Lipinski definition) is 0. The van der Waals surface area contributed by atoms with Gasteiger partial charge in [0.1, 0.15) is 5.76 Å². The molecule has 5 rings (SSSR count). The van der Waals surface area contributed by atoms with Gasteiger partial charge in [0.05, 0.1) is 19.4 Å². The summed E-state index contributed by atoms with van der Waals surface area (Å²) in [6.07, 6.45) is 6.36. The highest BCUT2D eigenvalue weighted by atomic mass is 16.3. The van der Waals surface area contributed by atoms with Crippen LogP contribution in [0, 0.1) is 13.8 Å². The fourth-order valence-corrected chi connectivity index (χ4v) is 4.31. The molecular formula is C24H23BN3O+. The van der Waals surface area contributed by atoms with Gasteiger partial charge < -0.3 is 4.42 Å². The van der Waals surface area contributed by atoms with Gasteiger partial charge in [0.15, 0.2) is 0 Å². The van der Waals surface area contributed by atoms with E-state index in [0.29, 0.717) is 5.71 Å². The fraction of sp³-hybridized carbons (Fsp3) is 0.167. The summed E-state index contributed by atoms with van der Waals surface area (Å²) < 4.78 is 8.23. The summed E-state index contributed by atoms with van der Waals surface area (Å²) in [5, 5.41) is 1.09. The molecule has 0 atom stereocenters. The fourth-order valence-electron chi connectivity index (χ4n) is 4.31. The minimum Gasteiger partial charge on any atom is -0.439 e. The first-order valence-electron chi connectivity index (χ1n) is 9.95. The van der Waals surface area contributed by atoms with E-state index in [2.05, 4.69) is 90.0 Å². The SMILES string of the molecule is CB1c2c(oc3nc(C)ccc23)C=CN1c1cc(-c2ccccc2)c(C)c[n+]1C. The molecule has 1 aromatic carbocycles. The lowest BCUT2D eigenvalue weighted by molar-refractivity contribution is -0.658. The van der Waals surface area contributed by atoms with Crippen molar-refractivity contribution < 1.29 is 8.98 Å². The molecule has 1 aliphatic rings. The van der Waals surface area contributed by atoms with Gasteiger partial charge in [-0.1, -0.05) is 30.3 Å². The molecule has 0 bridgehead atoms. The lowest BCUT2D eigenvalue weighted by atomic mass is 9.54. The highest BCUT2D eigenvalue weighted by molar-refractivity contribution is 6.79. The Kier molecular flexibility index (Phi) is 4.05. The molecule has 3 aromatic heterocycles. The first kappa shape index (κ1) is 17.7. The van der Waals surface area contributed by atoms with Crippen LogP contribution in [-0.4, -0.2) is 11.8 Å². The Bertz CT molecular complexity index is 1260. The third kappa shape index (κ3) is 2.85.